The summed E-state index contributed by atoms with van der Waals surface area (Å²) >= 11 is 0. The van der Waals surface area contributed by atoms with Crippen molar-refractivity contribution in [2.75, 3.05) is 5.73 Å². The smallest absolute Gasteiger partial charge is 0.161 e. The normalized spacial score (nSPS) is 10.7. The number of nitrogen functional groups attached to an aromatic ring is 1. The predicted molar refractivity (Wildman–Crippen MR) is 56.1 cm³/mol. The van der Waals surface area contributed by atoms with E-state index in [1.165, 1.54) is 0 Å². The van der Waals surface area contributed by atoms with Gasteiger partial charge >= 0.3 is 0 Å². The third-order valence-corrected chi connectivity index (χ3v) is 2.39. The van der Waals surface area contributed by atoms with E-state index >= 15 is 0 Å². The van der Waals surface area contributed by atoms with Gasteiger partial charge in [0.15, 0.2) is 11.6 Å². The number of anilines is 1. The third kappa shape index (κ3) is 2.01. The Morgan fingerprint density at radius 1 is 0.556 bits per heavy atom. The van der Waals surface area contributed by atoms with Gasteiger partial charge in [0.25, 0.3) is 0 Å². The van der Waals surface area contributed by atoms with Crippen LogP contribution in [0.15, 0.2) is 24.3 Å². The molecule has 0 saturated carbocycles. The van der Waals surface area contributed by atoms with Crippen molar-refractivity contribution in [3.8, 4) is 11.1 Å². The van der Waals surface area contributed by atoms with Crippen LogP contribution in [0.2, 0.25) is 0 Å². The van der Waals surface area contributed by atoms with E-state index < -0.39 is 45.9 Å². The van der Waals surface area contributed by atoms with Crippen LogP contribution in [0.3, 0.4) is 0 Å². The zero-order chi connectivity index (χ0) is 13.4. The average Bonchev–Trinajstić information content (AvgIpc) is 2.29. The fourth-order valence-corrected chi connectivity index (χ4v) is 1.50. The van der Waals surface area contributed by atoms with E-state index in [4.69, 9.17) is 5.73 Å². The summed E-state index contributed by atoms with van der Waals surface area (Å²) in [5, 5.41) is 0. The molecule has 0 bridgehead atoms. The lowest BCUT2D eigenvalue weighted by Crippen LogP contribution is -1.97. The summed E-state index contributed by atoms with van der Waals surface area (Å²) in [6, 6.07) is 1.99. The van der Waals surface area contributed by atoms with Gasteiger partial charge in [0, 0.05) is 23.3 Å². The van der Waals surface area contributed by atoms with E-state index in [9.17, 15) is 22.0 Å². The molecule has 0 aliphatic carbocycles. The average molecular weight is 259 g/mol. The maximum atomic E-state index is 13.5. The molecule has 0 aliphatic rings. The van der Waals surface area contributed by atoms with E-state index in [0.717, 1.165) is 0 Å². The summed E-state index contributed by atoms with van der Waals surface area (Å²) in [6.45, 7) is 0. The van der Waals surface area contributed by atoms with Gasteiger partial charge < -0.3 is 5.73 Å². The van der Waals surface area contributed by atoms with Gasteiger partial charge in [0.1, 0.15) is 17.5 Å². The topological polar surface area (TPSA) is 26.0 Å². The van der Waals surface area contributed by atoms with Gasteiger partial charge in [0.05, 0.1) is 5.69 Å². The van der Waals surface area contributed by atoms with Gasteiger partial charge in [0.2, 0.25) is 0 Å². The van der Waals surface area contributed by atoms with Crippen molar-refractivity contribution in [2.45, 2.75) is 0 Å². The molecular formula is C12H6F5N. The molecule has 2 aromatic carbocycles. The van der Waals surface area contributed by atoms with Crippen molar-refractivity contribution in [3.05, 3.63) is 53.4 Å². The molecule has 2 N–H and O–H groups in total. The van der Waals surface area contributed by atoms with E-state index in [1.807, 2.05) is 0 Å². The van der Waals surface area contributed by atoms with Crippen LogP contribution in [-0.2, 0) is 0 Å². The lowest BCUT2D eigenvalue weighted by atomic mass is 10.0. The summed E-state index contributed by atoms with van der Waals surface area (Å²) in [5.74, 6) is -5.97. The highest BCUT2D eigenvalue weighted by Gasteiger charge is 2.16. The van der Waals surface area contributed by atoms with Crippen molar-refractivity contribution < 1.29 is 22.0 Å². The number of benzene rings is 2. The minimum Gasteiger partial charge on any atom is -0.396 e. The molecule has 0 heterocycles. The standard InChI is InChI=1S/C12H6F5N/c13-7-3-10(16)9(15)1-5(7)6-2-11(17)12(18)4-8(6)14/h1-4H,18H2. The third-order valence-electron chi connectivity index (χ3n) is 2.39. The number of rotatable bonds is 1. The highest BCUT2D eigenvalue weighted by Crippen LogP contribution is 2.30. The van der Waals surface area contributed by atoms with Crippen LogP contribution >= 0.6 is 0 Å². The fourth-order valence-electron chi connectivity index (χ4n) is 1.50. The molecule has 18 heavy (non-hydrogen) atoms. The molecule has 0 fully saturated rings. The Balaban J connectivity index is 2.69. The molecule has 0 aromatic heterocycles. The first-order valence-corrected chi connectivity index (χ1v) is 4.79. The van der Waals surface area contributed by atoms with Crippen LogP contribution in [0.25, 0.3) is 11.1 Å². The Morgan fingerprint density at radius 2 is 1.00 bits per heavy atom. The van der Waals surface area contributed by atoms with E-state index in [1.54, 1.807) is 0 Å². The molecule has 0 amide bonds. The van der Waals surface area contributed by atoms with Gasteiger partial charge in [-0.05, 0) is 12.1 Å². The van der Waals surface area contributed by atoms with Gasteiger partial charge in [-0.3, -0.25) is 0 Å². The number of hydrogen-bond donors (Lipinski definition) is 1. The first kappa shape index (κ1) is 12.3. The summed E-state index contributed by atoms with van der Waals surface area (Å²) in [6.07, 6.45) is 0. The van der Waals surface area contributed by atoms with E-state index in [-0.39, 0.29) is 6.07 Å². The van der Waals surface area contributed by atoms with Crippen molar-refractivity contribution in [3.63, 3.8) is 0 Å². The van der Waals surface area contributed by atoms with Crippen molar-refractivity contribution in [1.82, 2.24) is 0 Å². The molecule has 6 heteroatoms. The van der Waals surface area contributed by atoms with Crippen LogP contribution < -0.4 is 5.73 Å². The molecular weight excluding hydrogens is 253 g/mol. The number of hydrogen-bond acceptors (Lipinski definition) is 1. The molecule has 0 radical (unpaired) electrons. The Labute approximate surface area is 98.7 Å². The first-order valence-electron chi connectivity index (χ1n) is 4.79. The fraction of sp³-hybridized carbons (Fsp3) is 0. The molecule has 0 aliphatic heterocycles. The molecule has 94 valence electrons. The van der Waals surface area contributed by atoms with Gasteiger partial charge in [-0.1, -0.05) is 0 Å². The lowest BCUT2D eigenvalue weighted by Gasteiger charge is -2.07. The minimum absolute atomic E-state index is 0.262. The summed E-state index contributed by atoms with van der Waals surface area (Å²) in [5.41, 5.74) is 3.55. The largest absolute Gasteiger partial charge is 0.396 e. The minimum atomic E-state index is -1.41. The Kier molecular flexibility index (Phi) is 2.94. The van der Waals surface area contributed by atoms with Crippen molar-refractivity contribution in [2.24, 2.45) is 0 Å². The first-order chi connectivity index (χ1) is 8.40. The highest BCUT2D eigenvalue weighted by atomic mass is 19.2. The second kappa shape index (κ2) is 4.29. The van der Waals surface area contributed by atoms with E-state index in [2.05, 4.69) is 0 Å². The monoisotopic (exact) mass is 259 g/mol. The maximum Gasteiger partial charge on any atom is 0.161 e. The number of halogens is 5. The Morgan fingerprint density at radius 3 is 1.61 bits per heavy atom. The predicted octanol–water partition coefficient (Wildman–Crippen LogP) is 3.63. The van der Waals surface area contributed by atoms with Crippen LogP contribution in [-0.4, -0.2) is 0 Å². The second-order valence-corrected chi connectivity index (χ2v) is 3.60. The summed E-state index contributed by atoms with van der Waals surface area (Å²) < 4.78 is 65.8. The summed E-state index contributed by atoms with van der Waals surface area (Å²) in [4.78, 5) is 0. The molecule has 2 rings (SSSR count). The lowest BCUT2D eigenvalue weighted by molar-refractivity contribution is 0.495. The second-order valence-electron chi connectivity index (χ2n) is 3.60. The van der Waals surface area contributed by atoms with Crippen LogP contribution in [0.5, 0.6) is 0 Å². The maximum absolute atomic E-state index is 13.5. The van der Waals surface area contributed by atoms with Gasteiger partial charge in [-0.25, -0.2) is 22.0 Å². The SMILES string of the molecule is Nc1cc(F)c(-c2cc(F)c(F)cc2F)cc1F. The molecule has 0 spiro atoms. The Bertz CT molecular complexity index is 569. The zero-order valence-electron chi connectivity index (χ0n) is 8.78. The van der Waals surface area contributed by atoms with Crippen molar-refractivity contribution in [1.29, 1.82) is 0 Å². The van der Waals surface area contributed by atoms with Gasteiger partial charge in [-0.2, -0.15) is 0 Å². The molecule has 0 saturated heterocycles. The molecule has 2 aromatic rings. The Hall–Kier alpha value is -2.11. The molecule has 0 atom stereocenters. The van der Waals surface area contributed by atoms with Crippen molar-refractivity contribution >= 4 is 5.69 Å². The highest BCUT2D eigenvalue weighted by molar-refractivity contribution is 5.67. The van der Waals surface area contributed by atoms with Crippen LogP contribution in [0.4, 0.5) is 27.6 Å². The molecule has 0 unspecified atom stereocenters. The van der Waals surface area contributed by atoms with Crippen LogP contribution in [0.1, 0.15) is 0 Å². The summed E-state index contributed by atoms with van der Waals surface area (Å²) in [7, 11) is 0. The number of nitrogens with two attached hydrogens (primary N) is 1. The zero-order valence-corrected chi connectivity index (χ0v) is 8.78. The van der Waals surface area contributed by atoms with Crippen LogP contribution in [0, 0.1) is 29.1 Å². The van der Waals surface area contributed by atoms with Gasteiger partial charge in [-0.15, -0.1) is 0 Å². The van der Waals surface area contributed by atoms with E-state index in [0.29, 0.717) is 18.2 Å². The molecule has 1 nitrogen and oxygen atoms in total. The quantitative estimate of drug-likeness (QED) is 0.472.